The van der Waals surface area contributed by atoms with Crippen LogP contribution < -0.4 is 4.80 Å². The van der Waals surface area contributed by atoms with Crippen LogP contribution in [0.1, 0.15) is 12.8 Å². The molecule has 0 saturated carbocycles. The topological polar surface area (TPSA) is 98.0 Å². The van der Waals surface area contributed by atoms with Gasteiger partial charge >= 0.3 is 5.97 Å². The Morgan fingerprint density at radius 3 is 2.53 bits per heavy atom. The molecule has 1 aromatic carbocycles. The van der Waals surface area contributed by atoms with Crippen molar-refractivity contribution in [3.8, 4) is 0 Å². The molecule has 34 heavy (non-hydrogen) atoms. The third-order valence-corrected chi connectivity index (χ3v) is 9.98. The molecule has 3 aromatic rings. The number of methoxy groups -OCH3 is 1. The molecule has 8 nitrogen and oxygen atoms in total. The number of carbonyl (C=O) groups is 2. The summed E-state index contributed by atoms with van der Waals surface area (Å²) in [5, 5.41) is 0. The van der Waals surface area contributed by atoms with Crippen LogP contribution in [0.2, 0.25) is 4.34 Å². The lowest BCUT2D eigenvalue weighted by atomic mass is 9.98. The quantitative estimate of drug-likeness (QED) is 0.454. The second-order valence-corrected chi connectivity index (χ2v) is 12.4. The SMILES string of the molecule is COC(=O)Cn1c(=NC(=O)C2CCN(S(=O)(=O)c3ccc(Cl)s3)CC2)sc2cc(F)cc(F)c21. The second kappa shape index (κ2) is 9.82. The Bertz CT molecular complexity index is 1440. The summed E-state index contributed by atoms with van der Waals surface area (Å²) in [7, 11) is -2.54. The van der Waals surface area contributed by atoms with Crippen LogP contribution in [0.3, 0.4) is 0 Å². The molecule has 0 unspecified atom stereocenters. The van der Waals surface area contributed by atoms with Crippen molar-refractivity contribution in [2.24, 2.45) is 10.9 Å². The molecule has 1 fully saturated rings. The molecule has 2 aromatic heterocycles. The molecule has 1 aliphatic heterocycles. The highest BCUT2D eigenvalue weighted by Gasteiger charge is 2.33. The van der Waals surface area contributed by atoms with E-state index in [0.717, 1.165) is 28.7 Å². The predicted octanol–water partition coefficient (Wildman–Crippen LogP) is 3.40. The van der Waals surface area contributed by atoms with Crippen LogP contribution in [0.25, 0.3) is 10.2 Å². The van der Waals surface area contributed by atoms with Gasteiger partial charge in [0.05, 0.1) is 21.7 Å². The fourth-order valence-electron chi connectivity index (χ4n) is 3.65. The summed E-state index contributed by atoms with van der Waals surface area (Å²) >= 11 is 7.69. The van der Waals surface area contributed by atoms with Gasteiger partial charge in [-0.25, -0.2) is 17.2 Å². The molecule has 0 spiro atoms. The van der Waals surface area contributed by atoms with Gasteiger partial charge in [-0.05, 0) is 31.0 Å². The standard InChI is InChI=1S/C20H18ClF2N3O5S3/c1-31-16(27)10-26-18-13(23)8-12(22)9-14(18)32-20(26)24-19(28)11-4-6-25(7-5-11)34(29,30)17-3-2-15(21)33-17/h2-3,8-9,11H,4-7,10H2,1H3. The zero-order chi connectivity index (χ0) is 24.6. The van der Waals surface area contributed by atoms with Gasteiger partial charge in [-0.2, -0.15) is 9.30 Å². The van der Waals surface area contributed by atoms with Crippen LogP contribution >= 0.6 is 34.3 Å². The van der Waals surface area contributed by atoms with Gasteiger partial charge in [0.15, 0.2) is 10.6 Å². The number of hydrogen-bond donors (Lipinski definition) is 0. The van der Waals surface area contributed by atoms with Gasteiger partial charge in [0.25, 0.3) is 15.9 Å². The van der Waals surface area contributed by atoms with Gasteiger partial charge in [-0.1, -0.05) is 22.9 Å². The Morgan fingerprint density at radius 1 is 1.21 bits per heavy atom. The average Bonchev–Trinajstić information content (AvgIpc) is 3.37. The minimum absolute atomic E-state index is 0.0261. The minimum atomic E-state index is -3.70. The summed E-state index contributed by atoms with van der Waals surface area (Å²) < 4.78 is 61.5. The van der Waals surface area contributed by atoms with E-state index in [1.54, 1.807) is 0 Å². The monoisotopic (exact) mass is 549 g/mol. The number of thiophene rings is 1. The Labute approximate surface area is 206 Å². The summed E-state index contributed by atoms with van der Waals surface area (Å²) in [6.07, 6.45) is 0.483. The molecule has 0 atom stereocenters. The van der Waals surface area contributed by atoms with Crippen molar-refractivity contribution in [2.45, 2.75) is 23.6 Å². The molecular weight excluding hydrogens is 532 g/mol. The van der Waals surface area contributed by atoms with Crippen LogP contribution in [0.15, 0.2) is 33.5 Å². The molecule has 0 bridgehead atoms. The number of hydrogen-bond acceptors (Lipinski definition) is 7. The van der Waals surface area contributed by atoms with E-state index in [4.69, 9.17) is 11.6 Å². The summed E-state index contributed by atoms with van der Waals surface area (Å²) in [5.74, 6) is -3.46. The number of rotatable bonds is 5. The van der Waals surface area contributed by atoms with Crippen molar-refractivity contribution in [1.29, 1.82) is 0 Å². The predicted molar refractivity (Wildman–Crippen MR) is 123 cm³/mol. The van der Waals surface area contributed by atoms with Crippen LogP contribution in [-0.2, 0) is 30.9 Å². The number of nitrogens with zero attached hydrogens (tertiary/aromatic N) is 3. The molecule has 1 aliphatic rings. The van der Waals surface area contributed by atoms with E-state index >= 15 is 0 Å². The highest BCUT2D eigenvalue weighted by Crippen LogP contribution is 2.31. The van der Waals surface area contributed by atoms with Gasteiger partial charge in [-0.3, -0.25) is 9.59 Å². The first kappa shape index (κ1) is 24.9. The fraction of sp³-hybridized carbons (Fsp3) is 0.350. The van der Waals surface area contributed by atoms with Crippen molar-refractivity contribution in [3.63, 3.8) is 0 Å². The van der Waals surface area contributed by atoms with E-state index in [9.17, 15) is 26.8 Å². The van der Waals surface area contributed by atoms with E-state index in [1.165, 1.54) is 28.1 Å². The summed E-state index contributed by atoms with van der Waals surface area (Å²) in [5.41, 5.74) is -0.0566. The smallest absolute Gasteiger partial charge is 0.325 e. The number of amides is 1. The summed E-state index contributed by atoms with van der Waals surface area (Å²) in [6, 6.07) is 4.74. The molecule has 3 heterocycles. The Kier molecular flexibility index (Phi) is 7.20. The third-order valence-electron chi connectivity index (χ3n) is 5.36. The zero-order valence-corrected chi connectivity index (χ0v) is 20.9. The van der Waals surface area contributed by atoms with Gasteiger partial charge in [-0.15, -0.1) is 11.3 Å². The fourth-order valence-corrected chi connectivity index (χ4v) is 7.83. The normalized spacial score (nSPS) is 16.3. The number of fused-ring (bicyclic) bond motifs is 1. The highest BCUT2D eigenvalue weighted by atomic mass is 35.5. The van der Waals surface area contributed by atoms with Gasteiger partial charge in [0, 0.05) is 25.1 Å². The van der Waals surface area contributed by atoms with E-state index in [2.05, 4.69) is 9.73 Å². The molecule has 14 heteroatoms. The van der Waals surface area contributed by atoms with Crippen LogP contribution in [0.4, 0.5) is 8.78 Å². The molecule has 182 valence electrons. The lowest BCUT2D eigenvalue weighted by molar-refractivity contribution is -0.141. The highest BCUT2D eigenvalue weighted by molar-refractivity contribution is 7.91. The van der Waals surface area contributed by atoms with E-state index in [-0.39, 0.29) is 45.2 Å². The molecule has 1 amide bonds. The maximum atomic E-state index is 14.5. The molecular formula is C20H18ClF2N3O5S3. The van der Waals surface area contributed by atoms with Crippen molar-refractivity contribution in [1.82, 2.24) is 8.87 Å². The second-order valence-electron chi connectivity index (χ2n) is 7.47. The van der Waals surface area contributed by atoms with Crippen molar-refractivity contribution < 1.29 is 31.5 Å². The van der Waals surface area contributed by atoms with Gasteiger partial charge < -0.3 is 9.30 Å². The number of aromatic nitrogens is 1. The number of thiazole rings is 1. The Balaban J connectivity index is 1.59. The first-order valence-corrected chi connectivity index (χ1v) is 13.4. The largest absolute Gasteiger partial charge is 0.468 e. The summed E-state index contributed by atoms with van der Waals surface area (Å²) in [4.78, 5) is 28.9. The maximum absolute atomic E-state index is 14.5. The van der Waals surface area contributed by atoms with Crippen molar-refractivity contribution in [3.05, 3.63) is 45.0 Å². The van der Waals surface area contributed by atoms with E-state index in [1.807, 2.05) is 0 Å². The first-order chi connectivity index (χ1) is 16.1. The number of halogens is 3. The zero-order valence-electron chi connectivity index (χ0n) is 17.7. The molecule has 0 N–H and O–H groups in total. The number of piperidine rings is 1. The number of benzene rings is 1. The van der Waals surface area contributed by atoms with E-state index in [0.29, 0.717) is 10.4 Å². The Morgan fingerprint density at radius 2 is 1.91 bits per heavy atom. The number of ether oxygens (including phenoxy) is 1. The Hall–Kier alpha value is -2.19. The van der Waals surface area contributed by atoms with Crippen LogP contribution in [-0.4, -0.2) is 49.4 Å². The average molecular weight is 550 g/mol. The van der Waals surface area contributed by atoms with Crippen molar-refractivity contribution in [2.75, 3.05) is 20.2 Å². The molecule has 0 radical (unpaired) electrons. The minimum Gasteiger partial charge on any atom is -0.468 e. The first-order valence-electron chi connectivity index (χ1n) is 9.99. The number of esters is 1. The third kappa shape index (κ3) is 4.93. The lowest BCUT2D eigenvalue weighted by Crippen LogP contribution is -2.40. The molecule has 1 saturated heterocycles. The number of sulfonamides is 1. The molecule has 0 aliphatic carbocycles. The van der Waals surface area contributed by atoms with Gasteiger partial charge in [0.1, 0.15) is 16.6 Å². The summed E-state index contributed by atoms with van der Waals surface area (Å²) in [6.45, 7) is -0.165. The lowest BCUT2D eigenvalue weighted by Gasteiger charge is -2.29. The van der Waals surface area contributed by atoms with Gasteiger partial charge in [0.2, 0.25) is 0 Å². The maximum Gasteiger partial charge on any atom is 0.325 e. The molecule has 4 rings (SSSR count). The van der Waals surface area contributed by atoms with Crippen LogP contribution in [0.5, 0.6) is 0 Å². The van der Waals surface area contributed by atoms with Crippen LogP contribution in [0, 0.1) is 17.6 Å². The van der Waals surface area contributed by atoms with Crippen molar-refractivity contribution >= 4 is 66.4 Å². The number of carbonyl (C=O) groups excluding carboxylic acids is 2. The van der Waals surface area contributed by atoms with E-state index < -0.39 is 46.0 Å².